The molecule has 4 aliphatic carbocycles. The smallest absolute Gasteiger partial charge is 0.0175 e. The lowest BCUT2D eigenvalue weighted by molar-refractivity contribution is -0.123. The van der Waals surface area contributed by atoms with Gasteiger partial charge in [-0.05, 0) is 85.4 Å². The fraction of sp³-hybridized carbons (Fsp3) is 1.00. The Morgan fingerprint density at radius 3 is 2.67 bits per heavy atom. The summed E-state index contributed by atoms with van der Waals surface area (Å²) in [4.78, 5) is 0. The Hall–Kier alpha value is 0.350. The van der Waals surface area contributed by atoms with Crippen molar-refractivity contribution in [3.63, 3.8) is 0 Å². The molecule has 4 saturated carbocycles. The second kappa shape index (κ2) is 4.25. The summed E-state index contributed by atoms with van der Waals surface area (Å²) < 4.78 is 0. The topological polar surface area (TPSA) is 0 Å². The highest BCUT2D eigenvalue weighted by atomic mass is 32.2. The van der Waals surface area contributed by atoms with Crippen molar-refractivity contribution < 1.29 is 0 Å². The Balaban J connectivity index is 1.51. The fourth-order valence-corrected chi connectivity index (χ4v) is 9.25. The van der Waals surface area contributed by atoms with Crippen LogP contribution in [0.1, 0.15) is 72.1 Å². The molecule has 0 spiro atoms. The maximum absolute atomic E-state index is 2.73. The summed E-state index contributed by atoms with van der Waals surface area (Å²) in [5, 5.41) is 2.14. The average molecular weight is 305 g/mol. The van der Waals surface area contributed by atoms with Crippen molar-refractivity contribution in [1.82, 2.24) is 0 Å². The van der Waals surface area contributed by atoms with Crippen LogP contribution in [0.2, 0.25) is 0 Å². The van der Waals surface area contributed by atoms with Crippen LogP contribution in [0, 0.1) is 40.4 Å². The van der Waals surface area contributed by atoms with Crippen molar-refractivity contribution >= 4 is 11.8 Å². The van der Waals surface area contributed by atoms with Gasteiger partial charge in [-0.2, -0.15) is 11.8 Å². The lowest BCUT2D eigenvalue weighted by Gasteiger charge is -2.61. The van der Waals surface area contributed by atoms with E-state index in [9.17, 15) is 0 Å². The zero-order valence-electron chi connectivity index (χ0n) is 14.1. The standard InChI is InChI=1S/C20H32S/c1-12-9-13-10-16-17(21-16)11-20(13,3)15-6-8-19(2)7-4-5-14(19)18(12)15/h12-18H,4-11H2,1-3H3/t12-,13+,14+,15+,16+,17-,18+,19+,20+/m1/s1. The zero-order valence-corrected chi connectivity index (χ0v) is 14.9. The predicted octanol–water partition coefficient (Wildman–Crippen LogP) is 5.76. The number of fused-ring (bicyclic) bond motifs is 6. The summed E-state index contributed by atoms with van der Waals surface area (Å²) in [5.41, 5.74) is 1.44. The van der Waals surface area contributed by atoms with Crippen LogP contribution >= 0.6 is 11.8 Å². The molecule has 1 aliphatic heterocycles. The molecule has 21 heavy (non-hydrogen) atoms. The molecule has 0 aromatic heterocycles. The van der Waals surface area contributed by atoms with Crippen LogP contribution in [0.15, 0.2) is 0 Å². The van der Waals surface area contributed by atoms with Crippen LogP contribution < -0.4 is 0 Å². The van der Waals surface area contributed by atoms with Gasteiger partial charge in [0, 0.05) is 10.5 Å². The molecule has 1 heteroatoms. The minimum absolute atomic E-state index is 0.714. The molecule has 0 aromatic rings. The molecule has 0 radical (unpaired) electrons. The molecule has 0 amide bonds. The van der Waals surface area contributed by atoms with Gasteiger partial charge in [-0.3, -0.25) is 0 Å². The van der Waals surface area contributed by atoms with Crippen molar-refractivity contribution in [2.45, 2.75) is 82.6 Å². The number of hydrogen-bond donors (Lipinski definition) is 0. The Labute approximate surface area is 135 Å². The predicted molar refractivity (Wildman–Crippen MR) is 91.4 cm³/mol. The first-order chi connectivity index (χ1) is 10.0. The molecule has 1 saturated heterocycles. The Bertz CT molecular complexity index is 459. The van der Waals surface area contributed by atoms with E-state index in [0.29, 0.717) is 5.41 Å². The van der Waals surface area contributed by atoms with E-state index in [-0.39, 0.29) is 0 Å². The van der Waals surface area contributed by atoms with Crippen molar-refractivity contribution in [2.24, 2.45) is 40.4 Å². The van der Waals surface area contributed by atoms with E-state index in [1.165, 1.54) is 12.8 Å². The first-order valence-electron chi connectivity index (χ1n) is 9.67. The first-order valence-corrected chi connectivity index (χ1v) is 10.6. The zero-order chi connectivity index (χ0) is 14.4. The molecule has 5 rings (SSSR count). The van der Waals surface area contributed by atoms with Gasteiger partial charge in [0.05, 0.1) is 0 Å². The van der Waals surface area contributed by atoms with Gasteiger partial charge in [-0.25, -0.2) is 0 Å². The van der Waals surface area contributed by atoms with Crippen LogP contribution in [0.5, 0.6) is 0 Å². The quantitative estimate of drug-likeness (QED) is 0.513. The number of hydrogen-bond acceptors (Lipinski definition) is 1. The van der Waals surface area contributed by atoms with E-state index in [2.05, 4.69) is 32.5 Å². The fourth-order valence-electron chi connectivity index (χ4n) is 7.89. The third-order valence-corrected chi connectivity index (χ3v) is 10.5. The van der Waals surface area contributed by atoms with Gasteiger partial charge in [0.1, 0.15) is 0 Å². The van der Waals surface area contributed by atoms with Crippen LogP contribution in [-0.2, 0) is 0 Å². The van der Waals surface area contributed by atoms with E-state index >= 15 is 0 Å². The third kappa shape index (κ3) is 1.76. The monoisotopic (exact) mass is 304 g/mol. The summed E-state index contributed by atoms with van der Waals surface area (Å²) in [7, 11) is 0. The van der Waals surface area contributed by atoms with Crippen molar-refractivity contribution in [3.05, 3.63) is 0 Å². The summed E-state index contributed by atoms with van der Waals surface area (Å²) >= 11 is 2.32. The minimum atomic E-state index is 0.714. The molecular formula is C20H32S. The summed E-state index contributed by atoms with van der Waals surface area (Å²) in [6, 6.07) is 0. The Kier molecular flexibility index (Phi) is 2.78. The summed E-state index contributed by atoms with van der Waals surface area (Å²) in [5.74, 6) is 5.30. The minimum Gasteiger partial charge on any atom is -0.153 e. The highest BCUT2D eigenvalue weighted by molar-refractivity contribution is 8.07. The molecular weight excluding hydrogens is 272 g/mol. The SMILES string of the molecule is C[C@@H]1C[C@H]2C[C@@H]3S[C@@H]3C[C@]2(C)[C@H]2CC[C@]3(C)CCC[C@H]3[C@H]12. The molecule has 9 atom stereocenters. The van der Waals surface area contributed by atoms with E-state index in [1.54, 1.807) is 38.5 Å². The Morgan fingerprint density at radius 2 is 1.81 bits per heavy atom. The molecule has 118 valence electrons. The van der Waals surface area contributed by atoms with Gasteiger partial charge in [0.15, 0.2) is 0 Å². The third-order valence-electron chi connectivity index (χ3n) is 9.05. The molecule has 0 N–H and O–H groups in total. The van der Waals surface area contributed by atoms with Crippen molar-refractivity contribution in [3.8, 4) is 0 Å². The first kappa shape index (κ1) is 13.8. The lowest BCUT2D eigenvalue weighted by atomic mass is 9.43. The normalized spacial score (nSPS) is 65.0. The van der Waals surface area contributed by atoms with Crippen LogP contribution in [0.25, 0.3) is 0 Å². The van der Waals surface area contributed by atoms with Gasteiger partial charge in [0.2, 0.25) is 0 Å². The molecule has 0 bridgehead atoms. The van der Waals surface area contributed by atoms with Crippen LogP contribution in [0.4, 0.5) is 0 Å². The maximum atomic E-state index is 2.73. The van der Waals surface area contributed by atoms with Crippen molar-refractivity contribution in [1.29, 1.82) is 0 Å². The van der Waals surface area contributed by atoms with Crippen molar-refractivity contribution in [2.75, 3.05) is 0 Å². The van der Waals surface area contributed by atoms with Crippen LogP contribution in [-0.4, -0.2) is 10.5 Å². The molecule has 1 heterocycles. The van der Waals surface area contributed by atoms with Gasteiger partial charge in [-0.15, -0.1) is 0 Å². The summed E-state index contributed by atoms with van der Waals surface area (Å²) in [6.07, 6.45) is 12.4. The molecule has 5 fully saturated rings. The highest BCUT2D eigenvalue weighted by Crippen LogP contribution is 2.70. The molecule has 5 aliphatic rings. The second-order valence-corrected chi connectivity index (χ2v) is 11.4. The van der Waals surface area contributed by atoms with Crippen LogP contribution in [0.3, 0.4) is 0 Å². The highest BCUT2D eigenvalue weighted by Gasteiger charge is 2.63. The molecule has 0 unspecified atom stereocenters. The van der Waals surface area contributed by atoms with Gasteiger partial charge < -0.3 is 0 Å². The Morgan fingerprint density at radius 1 is 0.952 bits per heavy atom. The molecule has 0 aromatic carbocycles. The van der Waals surface area contributed by atoms with E-state index in [1.807, 2.05) is 0 Å². The van der Waals surface area contributed by atoms with Gasteiger partial charge >= 0.3 is 0 Å². The maximum Gasteiger partial charge on any atom is 0.0175 e. The number of rotatable bonds is 0. The van der Waals surface area contributed by atoms with E-state index in [0.717, 1.165) is 45.5 Å². The number of thioether (sulfide) groups is 1. The summed E-state index contributed by atoms with van der Waals surface area (Å²) in [6.45, 7) is 8.01. The lowest BCUT2D eigenvalue weighted by Crippen LogP contribution is -2.55. The largest absolute Gasteiger partial charge is 0.153 e. The van der Waals surface area contributed by atoms with E-state index < -0.39 is 0 Å². The van der Waals surface area contributed by atoms with E-state index in [4.69, 9.17) is 0 Å². The van der Waals surface area contributed by atoms with Gasteiger partial charge in [-0.1, -0.05) is 27.2 Å². The second-order valence-electron chi connectivity index (χ2n) is 9.94. The molecule has 0 nitrogen and oxygen atoms in total. The van der Waals surface area contributed by atoms with Gasteiger partial charge in [0.25, 0.3) is 0 Å². The average Bonchev–Trinajstić information content (AvgIpc) is 3.04.